The highest BCUT2D eigenvalue weighted by Gasteiger charge is 2.30. The number of nitrogens with zero attached hydrogens (tertiary/aromatic N) is 1. The van der Waals surface area contributed by atoms with Crippen molar-refractivity contribution in [2.24, 2.45) is 5.10 Å². The van der Waals surface area contributed by atoms with E-state index in [4.69, 9.17) is 11.6 Å². The van der Waals surface area contributed by atoms with Gasteiger partial charge in [0.25, 0.3) is 5.91 Å². The lowest BCUT2D eigenvalue weighted by molar-refractivity contribution is -0.137. The number of hydrazone groups is 1. The number of halogens is 4. The van der Waals surface area contributed by atoms with Crippen LogP contribution in [-0.2, 0) is 6.18 Å². The molecule has 1 amide bonds. The zero-order valence-corrected chi connectivity index (χ0v) is 16.4. The molecule has 0 fully saturated rings. The van der Waals surface area contributed by atoms with E-state index in [0.29, 0.717) is 5.02 Å². The van der Waals surface area contributed by atoms with Gasteiger partial charge in [0.1, 0.15) is 0 Å². The summed E-state index contributed by atoms with van der Waals surface area (Å²) in [6, 6.07) is 19.1. The highest BCUT2D eigenvalue weighted by Crippen LogP contribution is 2.30. The van der Waals surface area contributed by atoms with Crippen LogP contribution in [-0.4, -0.2) is 12.1 Å². The first-order valence-electron chi connectivity index (χ1n) is 8.35. The van der Waals surface area contributed by atoms with Crippen molar-refractivity contribution in [3.05, 3.63) is 94.5 Å². The molecule has 8 heteroatoms. The van der Waals surface area contributed by atoms with Crippen molar-refractivity contribution in [3.8, 4) is 0 Å². The van der Waals surface area contributed by atoms with Crippen LogP contribution >= 0.6 is 23.4 Å². The Labute approximate surface area is 174 Å². The van der Waals surface area contributed by atoms with E-state index in [1.807, 2.05) is 48.5 Å². The average Bonchev–Trinajstić information content (AvgIpc) is 2.70. The average molecular weight is 435 g/mol. The lowest BCUT2D eigenvalue weighted by atomic mass is 10.1. The van der Waals surface area contributed by atoms with Gasteiger partial charge >= 0.3 is 6.18 Å². The third-order valence-electron chi connectivity index (χ3n) is 3.76. The normalized spacial score (nSPS) is 11.6. The summed E-state index contributed by atoms with van der Waals surface area (Å²) in [5.41, 5.74) is 1.96. The van der Waals surface area contributed by atoms with Crippen molar-refractivity contribution >= 4 is 35.5 Å². The highest BCUT2D eigenvalue weighted by molar-refractivity contribution is 7.99. The summed E-state index contributed by atoms with van der Waals surface area (Å²) in [7, 11) is 0. The van der Waals surface area contributed by atoms with Crippen LogP contribution in [0.25, 0.3) is 0 Å². The van der Waals surface area contributed by atoms with Crippen molar-refractivity contribution in [1.29, 1.82) is 0 Å². The molecule has 3 nitrogen and oxygen atoms in total. The van der Waals surface area contributed by atoms with E-state index in [0.717, 1.165) is 27.5 Å². The molecule has 29 heavy (non-hydrogen) atoms. The Morgan fingerprint density at radius 2 is 1.59 bits per heavy atom. The molecule has 3 rings (SSSR count). The van der Waals surface area contributed by atoms with Gasteiger partial charge in [-0.2, -0.15) is 18.3 Å². The summed E-state index contributed by atoms with van der Waals surface area (Å²) in [6.07, 6.45) is -3.09. The number of hydrogen-bond donors (Lipinski definition) is 1. The van der Waals surface area contributed by atoms with Crippen molar-refractivity contribution in [1.82, 2.24) is 5.43 Å². The predicted molar refractivity (Wildman–Crippen MR) is 109 cm³/mol. The topological polar surface area (TPSA) is 41.5 Å². The van der Waals surface area contributed by atoms with Gasteiger partial charge in [-0.3, -0.25) is 4.79 Å². The molecule has 0 aliphatic carbocycles. The lowest BCUT2D eigenvalue weighted by Crippen LogP contribution is -2.18. The number of benzene rings is 3. The van der Waals surface area contributed by atoms with E-state index in [1.54, 1.807) is 11.8 Å². The van der Waals surface area contributed by atoms with Crippen LogP contribution in [0.5, 0.6) is 0 Å². The molecule has 0 atom stereocenters. The van der Waals surface area contributed by atoms with E-state index in [2.05, 4.69) is 10.5 Å². The number of rotatable bonds is 5. The molecule has 0 saturated carbocycles. The molecule has 0 aliphatic heterocycles. The summed E-state index contributed by atoms with van der Waals surface area (Å²) in [4.78, 5) is 14.0. The van der Waals surface area contributed by atoms with Gasteiger partial charge in [0, 0.05) is 20.4 Å². The van der Waals surface area contributed by atoms with Gasteiger partial charge in [0.2, 0.25) is 0 Å². The van der Waals surface area contributed by atoms with Gasteiger partial charge < -0.3 is 0 Å². The van der Waals surface area contributed by atoms with Gasteiger partial charge in [-0.1, -0.05) is 41.6 Å². The van der Waals surface area contributed by atoms with Gasteiger partial charge in [-0.15, -0.1) is 0 Å². The van der Waals surface area contributed by atoms with E-state index in [9.17, 15) is 18.0 Å². The molecule has 0 aromatic heterocycles. The standard InChI is InChI=1S/C21H14ClF3N2OS/c22-17-6-10-19(11-7-17)29-18-8-4-14(5-9-18)13-26-27-20(28)15-2-1-3-16(12-15)21(23,24)25/h1-13H,(H,27,28)/b26-13-. The third-order valence-corrected chi connectivity index (χ3v) is 5.03. The first-order chi connectivity index (χ1) is 13.8. The van der Waals surface area contributed by atoms with Gasteiger partial charge in [0.15, 0.2) is 0 Å². The molecule has 3 aromatic carbocycles. The maximum Gasteiger partial charge on any atom is 0.416 e. The lowest BCUT2D eigenvalue weighted by Gasteiger charge is -2.07. The van der Waals surface area contributed by atoms with Crippen LogP contribution < -0.4 is 5.43 Å². The zero-order valence-electron chi connectivity index (χ0n) is 14.8. The monoisotopic (exact) mass is 434 g/mol. The SMILES string of the molecule is O=C(N/N=C\c1ccc(Sc2ccc(Cl)cc2)cc1)c1cccc(C(F)(F)F)c1. The van der Waals surface area contributed by atoms with Gasteiger partial charge in [-0.05, 0) is 60.2 Å². The number of hydrogen-bond acceptors (Lipinski definition) is 3. The minimum atomic E-state index is -4.51. The third kappa shape index (κ3) is 6.10. The molecule has 148 valence electrons. The summed E-state index contributed by atoms with van der Waals surface area (Å²) in [6.45, 7) is 0. The molecule has 0 aliphatic rings. The maximum absolute atomic E-state index is 12.7. The summed E-state index contributed by atoms with van der Waals surface area (Å²) in [5, 5.41) is 4.48. The van der Waals surface area contributed by atoms with Gasteiger partial charge in [0.05, 0.1) is 11.8 Å². The van der Waals surface area contributed by atoms with Crippen molar-refractivity contribution in [2.45, 2.75) is 16.0 Å². The van der Waals surface area contributed by atoms with Crippen molar-refractivity contribution in [2.75, 3.05) is 0 Å². The number of alkyl halides is 3. The molecule has 0 heterocycles. The fourth-order valence-electron chi connectivity index (χ4n) is 2.33. The first-order valence-corrected chi connectivity index (χ1v) is 9.55. The number of amides is 1. The Kier molecular flexibility index (Phi) is 6.61. The van der Waals surface area contributed by atoms with Crippen LogP contribution in [0.2, 0.25) is 5.02 Å². The molecular formula is C21H14ClF3N2OS. The molecule has 0 radical (unpaired) electrons. The van der Waals surface area contributed by atoms with Crippen LogP contribution in [0.3, 0.4) is 0 Å². The van der Waals surface area contributed by atoms with E-state index in [1.165, 1.54) is 18.3 Å². The Morgan fingerprint density at radius 1 is 0.966 bits per heavy atom. The predicted octanol–water partition coefficient (Wildman–Crippen LogP) is 6.27. The second-order valence-electron chi connectivity index (χ2n) is 5.90. The molecule has 0 saturated heterocycles. The summed E-state index contributed by atoms with van der Waals surface area (Å²) >= 11 is 7.44. The Bertz CT molecular complexity index is 1020. The quantitative estimate of drug-likeness (QED) is 0.379. The molecule has 1 N–H and O–H groups in total. The fraction of sp³-hybridized carbons (Fsp3) is 0.0476. The second-order valence-corrected chi connectivity index (χ2v) is 7.49. The van der Waals surface area contributed by atoms with Crippen LogP contribution in [0.1, 0.15) is 21.5 Å². The summed E-state index contributed by atoms with van der Waals surface area (Å²) in [5.74, 6) is -0.720. The van der Waals surface area contributed by atoms with E-state index < -0.39 is 17.6 Å². The molecule has 0 bridgehead atoms. The summed E-state index contributed by atoms with van der Waals surface area (Å²) < 4.78 is 38.2. The largest absolute Gasteiger partial charge is 0.416 e. The minimum Gasteiger partial charge on any atom is -0.267 e. The minimum absolute atomic E-state index is 0.119. The zero-order chi connectivity index (χ0) is 20.9. The van der Waals surface area contributed by atoms with Gasteiger partial charge in [-0.25, -0.2) is 5.43 Å². The Hall–Kier alpha value is -2.77. The fourth-order valence-corrected chi connectivity index (χ4v) is 3.27. The van der Waals surface area contributed by atoms with Crippen molar-refractivity contribution in [3.63, 3.8) is 0 Å². The highest BCUT2D eigenvalue weighted by atomic mass is 35.5. The number of carbonyl (C=O) groups is 1. The maximum atomic E-state index is 12.7. The van der Waals surface area contributed by atoms with E-state index in [-0.39, 0.29) is 5.56 Å². The molecule has 0 unspecified atom stereocenters. The smallest absolute Gasteiger partial charge is 0.267 e. The van der Waals surface area contributed by atoms with E-state index >= 15 is 0 Å². The number of carbonyl (C=O) groups excluding carboxylic acids is 1. The molecule has 0 spiro atoms. The van der Waals surface area contributed by atoms with Crippen LogP contribution in [0.15, 0.2) is 87.7 Å². The number of nitrogens with one attached hydrogen (secondary N) is 1. The Morgan fingerprint density at radius 3 is 2.21 bits per heavy atom. The second kappa shape index (κ2) is 9.15. The van der Waals surface area contributed by atoms with Crippen molar-refractivity contribution < 1.29 is 18.0 Å². The van der Waals surface area contributed by atoms with Crippen LogP contribution in [0.4, 0.5) is 13.2 Å². The first kappa shape index (κ1) is 21.0. The Balaban J connectivity index is 1.59. The molecule has 3 aromatic rings. The molecular weight excluding hydrogens is 421 g/mol. The van der Waals surface area contributed by atoms with Crippen LogP contribution in [0, 0.1) is 0 Å².